The third kappa shape index (κ3) is 2.52. The Bertz CT molecular complexity index is 619. The number of amides is 1. The number of aryl methyl sites for hydroxylation is 1. The Balaban J connectivity index is 1.79. The maximum atomic E-state index is 12.2. The van der Waals surface area contributed by atoms with Gasteiger partial charge < -0.3 is 10.4 Å². The quantitative estimate of drug-likeness (QED) is 0.877. The van der Waals surface area contributed by atoms with Crippen LogP contribution in [0.5, 0.6) is 5.75 Å². The fourth-order valence-corrected chi connectivity index (χ4v) is 2.76. The minimum atomic E-state index is -0.0910. The predicted octanol–water partition coefficient (Wildman–Crippen LogP) is 3.20. The fourth-order valence-electron chi connectivity index (χ4n) is 2.76. The van der Waals surface area contributed by atoms with Crippen LogP contribution in [-0.2, 0) is 6.42 Å². The number of hydrogen-bond donors (Lipinski definition) is 2. The van der Waals surface area contributed by atoms with E-state index in [2.05, 4.69) is 17.4 Å². The van der Waals surface area contributed by atoms with Crippen molar-refractivity contribution in [3.05, 3.63) is 65.2 Å². The Hall–Kier alpha value is -2.29. The molecule has 2 aromatic carbocycles. The summed E-state index contributed by atoms with van der Waals surface area (Å²) in [5.74, 6) is 0.0799. The maximum absolute atomic E-state index is 12.2. The number of phenolic OH excluding ortho intramolecular Hbond substituents is 1. The first-order valence-corrected chi connectivity index (χ1v) is 6.92. The Labute approximate surface area is 118 Å². The van der Waals surface area contributed by atoms with Crippen molar-refractivity contribution in [2.45, 2.75) is 25.3 Å². The molecule has 3 heteroatoms. The monoisotopic (exact) mass is 267 g/mol. The first-order chi connectivity index (χ1) is 9.74. The van der Waals surface area contributed by atoms with Gasteiger partial charge in [0.2, 0.25) is 0 Å². The van der Waals surface area contributed by atoms with Crippen LogP contribution in [0.4, 0.5) is 0 Å². The summed E-state index contributed by atoms with van der Waals surface area (Å²) in [6.07, 6.45) is 3.15. The molecule has 0 aliphatic heterocycles. The molecule has 3 nitrogen and oxygen atoms in total. The number of rotatable bonds is 2. The second-order valence-electron chi connectivity index (χ2n) is 5.16. The van der Waals surface area contributed by atoms with E-state index in [0.29, 0.717) is 5.56 Å². The van der Waals surface area contributed by atoms with Gasteiger partial charge in [0, 0.05) is 5.56 Å². The number of carbonyl (C=O) groups is 1. The molecule has 0 saturated carbocycles. The van der Waals surface area contributed by atoms with Gasteiger partial charge in [-0.3, -0.25) is 4.79 Å². The van der Waals surface area contributed by atoms with E-state index in [1.807, 2.05) is 12.1 Å². The molecule has 0 heterocycles. The van der Waals surface area contributed by atoms with Gasteiger partial charge in [-0.15, -0.1) is 0 Å². The van der Waals surface area contributed by atoms with Gasteiger partial charge in [-0.05, 0) is 54.7 Å². The minimum Gasteiger partial charge on any atom is -0.508 e. The molecule has 102 valence electrons. The van der Waals surface area contributed by atoms with Crippen molar-refractivity contribution in [2.75, 3.05) is 0 Å². The van der Waals surface area contributed by atoms with Crippen molar-refractivity contribution in [1.82, 2.24) is 5.32 Å². The lowest BCUT2D eigenvalue weighted by atomic mass is 9.87. The zero-order chi connectivity index (χ0) is 13.9. The van der Waals surface area contributed by atoms with Crippen molar-refractivity contribution in [1.29, 1.82) is 0 Å². The molecule has 0 saturated heterocycles. The van der Waals surface area contributed by atoms with Crippen LogP contribution in [0.15, 0.2) is 48.5 Å². The zero-order valence-corrected chi connectivity index (χ0v) is 11.2. The smallest absolute Gasteiger partial charge is 0.251 e. The van der Waals surface area contributed by atoms with Gasteiger partial charge in [0.15, 0.2) is 0 Å². The molecule has 0 spiro atoms. The van der Waals surface area contributed by atoms with E-state index in [1.165, 1.54) is 23.3 Å². The lowest BCUT2D eigenvalue weighted by molar-refractivity contribution is 0.0933. The highest BCUT2D eigenvalue weighted by Crippen LogP contribution is 2.29. The highest BCUT2D eigenvalue weighted by atomic mass is 16.3. The molecule has 20 heavy (non-hydrogen) atoms. The summed E-state index contributed by atoms with van der Waals surface area (Å²) in [6, 6.07) is 14.7. The van der Waals surface area contributed by atoms with E-state index >= 15 is 0 Å². The lowest BCUT2D eigenvalue weighted by Crippen LogP contribution is -2.30. The number of hydrogen-bond acceptors (Lipinski definition) is 2. The van der Waals surface area contributed by atoms with Crippen molar-refractivity contribution >= 4 is 5.91 Å². The molecule has 2 aromatic rings. The molecule has 1 amide bonds. The van der Waals surface area contributed by atoms with E-state index in [-0.39, 0.29) is 17.7 Å². The normalized spacial score (nSPS) is 17.3. The first-order valence-electron chi connectivity index (χ1n) is 6.92. The van der Waals surface area contributed by atoms with E-state index < -0.39 is 0 Å². The Morgan fingerprint density at radius 3 is 2.65 bits per heavy atom. The van der Waals surface area contributed by atoms with Gasteiger partial charge in [-0.1, -0.05) is 24.3 Å². The van der Waals surface area contributed by atoms with Crippen LogP contribution in [0.2, 0.25) is 0 Å². The summed E-state index contributed by atoms with van der Waals surface area (Å²) in [7, 11) is 0. The predicted molar refractivity (Wildman–Crippen MR) is 77.7 cm³/mol. The second-order valence-corrected chi connectivity index (χ2v) is 5.16. The SMILES string of the molecule is O=C(N[C@@H]1CCCc2ccccc21)c1ccc(O)cc1. The molecule has 0 fully saturated rings. The standard InChI is InChI=1S/C17H17NO2/c19-14-10-8-13(9-11-14)17(20)18-16-7-3-5-12-4-1-2-6-15(12)16/h1-2,4,6,8-11,16,19H,3,5,7H2,(H,18,20)/t16-/m1/s1. The van der Waals surface area contributed by atoms with E-state index in [0.717, 1.165) is 19.3 Å². The highest BCUT2D eigenvalue weighted by molar-refractivity contribution is 5.94. The summed E-state index contributed by atoms with van der Waals surface area (Å²) in [5, 5.41) is 12.3. The van der Waals surface area contributed by atoms with Crippen LogP contribution in [-0.4, -0.2) is 11.0 Å². The van der Waals surface area contributed by atoms with Crippen LogP contribution in [0.3, 0.4) is 0 Å². The molecule has 3 rings (SSSR count). The first kappa shape index (κ1) is 12.7. The molecule has 0 bridgehead atoms. The lowest BCUT2D eigenvalue weighted by Gasteiger charge is -2.26. The molecule has 2 N–H and O–H groups in total. The number of aromatic hydroxyl groups is 1. The largest absolute Gasteiger partial charge is 0.508 e. The zero-order valence-electron chi connectivity index (χ0n) is 11.2. The number of phenols is 1. The highest BCUT2D eigenvalue weighted by Gasteiger charge is 2.21. The van der Waals surface area contributed by atoms with Crippen molar-refractivity contribution in [2.24, 2.45) is 0 Å². The van der Waals surface area contributed by atoms with E-state index in [1.54, 1.807) is 12.1 Å². The Kier molecular flexibility index (Phi) is 3.42. The van der Waals surface area contributed by atoms with Crippen molar-refractivity contribution < 1.29 is 9.90 Å². The summed E-state index contributed by atoms with van der Waals surface area (Å²) in [5.41, 5.74) is 3.13. The average Bonchev–Trinajstić information content (AvgIpc) is 2.48. The second kappa shape index (κ2) is 5.37. The molecular formula is C17H17NO2. The van der Waals surface area contributed by atoms with Crippen LogP contribution in [0.25, 0.3) is 0 Å². The minimum absolute atomic E-state index is 0.0845. The third-order valence-corrected chi connectivity index (χ3v) is 3.80. The molecule has 0 unspecified atom stereocenters. The molecule has 0 aromatic heterocycles. The molecule has 1 aliphatic rings. The van der Waals surface area contributed by atoms with E-state index in [4.69, 9.17) is 0 Å². The van der Waals surface area contributed by atoms with Crippen molar-refractivity contribution in [3.8, 4) is 5.75 Å². The van der Waals surface area contributed by atoms with E-state index in [9.17, 15) is 9.90 Å². The van der Waals surface area contributed by atoms with Gasteiger partial charge in [-0.25, -0.2) is 0 Å². The van der Waals surface area contributed by atoms with Crippen LogP contribution in [0, 0.1) is 0 Å². The van der Waals surface area contributed by atoms with Gasteiger partial charge in [0.25, 0.3) is 5.91 Å². The molecule has 1 aliphatic carbocycles. The fraction of sp³-hybridized carbons (Fsp3) is 0.235. The van der Waals surface area contributed by atoms with Gasteiger partial charge >= 0.3 is 0 Å². The summed E-state index contributed by atoms with van der Waals surface area (Å²) in [4.78, 5) is 12.2. The van der Waals surface area contributed by atoms with Gasteiger partial charge in [0.05, 0.1) is 6.04 Å². The number of carbonyl (C=O) groups excluding carboxylic acids is 1. The average molecular weight is 267 g/mol. The van der Waals surface area contributed by atoms with Gasteiger partial charge in [0.1, 0.15) is 5.75 Å². The summed E-state index contributed by atoms with van der Waals surface area (Å²) < 4.78 is 0. The number of benzene rings is 2. The van der Waals surface area contributed by atoms with Crippen LogP contribution >= 0.6 is 0 Å². The summed E-state index contributed by atoms with van der Waals surface area (Å²) in [6.45, 7) is 0. The number of fused-ring (bicyclic) bond motifs is 1. The molecule has 1 atom stereocenters. The van der Waals surface area contributed by atoms with Gasteiger partial charge in [-0.2, -0.15) is 0 Å². The maximum Gasteiger partial charge on any atom is 0.251 e. The topological polar surface area (TPSA) is 49.3 Å². The summed E-state index contributed by atoms with van der Waals surface area (Å²) >= 11 is 0. The molecular weight excluding hydrogens is 250 g/mol. The Morgan fingerprint density at radius 2 is 1.85 bits per heavy atom. The van der Waals surface area contributed by atoms with Crippen LogP contribution < -0.4 is 5.32 Å². The van der Waals surface area contributed by atoms with Crippen molar-refractivity contribution in [3.63, 3.8) is 0 Å². The van der Waals surface area contributed by atoms with Crippen LogP contribution in [0.1, 0.15) is 40.4 Å². The number of nitrogens with one attached hydrogen (secondary N) is 1. The Morgan fingerprint density at radius 1 is 1.10 bits per heavy atom. The third-order valence-electron chi connectivity index (χ3n) is 3.80. The molecule has 0 radical (unpaired) electrons.